The van der Waals surface area contributed by atoms with Gasteiger partial charge >= 0.3 is 0 Å². The first-order valence-corrected chi connectivity index (χ1v) is 9.01. The molecule has 1 aliphatic heterocycles. The minimum Gasteiger partial charge on any atom is -0.494 e. The zero-order valence-corrected chi connectivity index (χ0v) is 14.6. The highest BCUT2D eigenvalue weighted by Crippen LogP contribution is 2.35. The third-order valence-corrected chi connectivity index (χ3v) is 5.33. The van der Waals surface area contributed by atoms with Crippen molar-refractivity contribution in [1.29, 1.82) is 0 Å². The largest absolute Gasteiger partial charge is 0.494 e. The summed E-state index contributed by atoms with van der Waals surface area (Å²) in [6.45, 7) is 1.92. The topological polar surface area (TPSA) is 67.4 Å². The van der Waals surface area contributed by atoms with Gasteiger partial charge in [-0.25, -0.2) is 13.1 Å². The van der Waals surface area contributed by atoms with Gasteiger partial charge in [-0.3, -0.25) is 0 Å². The van der Waals surface area contributed by atoms with Crippen molar-refractivity contribution in [3.63, 3.8) is 0 Å². The number of ether oxygens (including phenoxy) is 1. The van der Waals surface area contributed by atoms with Crippen LogP contribution in [0.15, 0.2) is 33.2 Å². The molecule has 1 aromatic carbocycles. The van der Waals surface area contributed by atoms with Crippen LogP contribution in [0.4, 0.5) is 0 Å². The van der Waals surface area contributed by atoms with Crippen LogP contribution < -0.4 is 14.8 Å². The maximum Gasteiger partial charge on any atom is 0.244 e. The maximum atomic E-state index is 12.4. The van der Waals surface area contributed by atoms with E-state index in [9.17, 15) is 8.42 Å². The molecule has 0 saturated heterocycles. The zero-order chi connectivity index (χ0) is 15.5. The van der Waals surface area contributed by atoms with Crippen LogP contribution in [0.2, 0.25) is 5.02 Å². The van der Waals surface area contributed by atoms with Gasteiger partial charge in [-0.15, -0.1) is 0 Å². The number of rotatable bonds is 5. The Morgan fingerprint density at radius 2 is 2.24 bits per heavy atom. The van der Waals surface area contributed by atoms with Crippen molar-refractivity contribution in [3.8, 4) is 5.75 Å². The quantitative estimate of drug-likeness (QED) is 0.751. The van der Waals surface area contributed by atoms with E-state index in [0.29, 0.717) is 9.50 Å². The summed E-state index contributed by atoms with van der Waals surface area (Å²) >= 11 is 9.19. The van der Waals surface area contributed by atoms with Crippen LogP contribution in [0.5, 0.6) is 5.75 Å². The first-order valence-electron chi connectivity index (χ1n) is 6.35. The van der Waals surface area contributed by atoms with E-state index in [0.717, 1.165) is 25.1 Å². The van der Waals surface area contributed by atoms with Crippen molar-refractivity contribution in [2.24, 2.45) is 0 Å². The van der Waals surface area contributed by atoms with Crippen molar-refractivity contribution >= 4 is 37.6 Å². The summed E-state index contributed by atoms with van der Waals surface area (Å²) in [4.78, 5) is 0.0268. The van der Waals surface area contributed by atoms with Crippen LogP contribution in [-0.4, -0.2) is 35.2 Å². The number of methoxy groups -OCH3 is 1. The standard InChI is InChI=1S/C13H16BrClN2O3S/c1-20-13-11(14)6-10(15)7-12(13)21(18,19)17-8-9-2-4-16-5-3-9/h2,6-7,16-17H,3-5,8H2,1H3. The van der Waals surface area contributed by atoms with Gasteiger partial charge in [0, 0.05) is 18.1 Å². The third-order valence-electron chi connectivity index (χ3n) is 3.12. The minimum absolute atomic E-state index is 0.0268. The van der Waals surface area contributed by atoms with E-state index >= 15 is 0 Å². The van der Waals surface area contributed by atoms with Crippen LogP contribution in [0.1, 0.15) is 6.42 Å². The fourth-order valence-corrected chi connectivity index (χ4v) is 4.45. The molecule has 0 bridgehead atoms. The van der Waals surface area contributed by atoms with Gasteiger partial charge in [0.25, 0.3) is 0 Å². The lowest BCUT2D eigenvalue weighted by molar-refractivity contribution is 0.399. The predicted octanol–water partition coefficient (Wildman–Crippen LogP) is 2.31. The van der Waals surface area contributed by atoms with E-state index in [4.69, 9.17) is 16.3 Å². The van der Waals surface area contributed by atoms with Crippen LogP contribution in [0.25, 0.3) is 0 Å². The van der Waals surface area contributed by atoms with E-state index < -0.39 is 10.0 Å². The highest BCUT2D eigenvalue weighted by Gasteiger charge is 2.22. The van der Waals surface area contributed by atoms with Crippen molar-refractivity contribution < 1.29 is 13.2 Å². The summed E-state index contributed by atoms with van der Waals surface area (Å²) in [5, 5.41) is 3.50. The highest BCUT2D eigenvalue weighted by atomic mass is 79.9. The normalized spacial score (nSPS) is 15.7. The minimum atomic E-state index is -3.70. The third kappa shape index (κ3) is 4.20. The molecule has 5 nitrogen and oxygen atoms in total. The first-order chi connectivity index (χ1) is 9.94. The maximum absolute atomic E-state index is 12.4. The van der Waals surface area contributed by atoms with Gasteiger partial charge in [-0.1, -0.05) is 23.3 Å². The Hall–Kier alpha value is -0.600. The zero-order valence-electron chi connectivity index (χ0n) is 11.4. The smallest absolute Gasteiger partial charge is 0.244 e. The fourth-order valence-electron chi connectivity index (χ4n) is 2.03. The van der Waals surface area contributed by atoms with E-state index in [1.807, 2.05) is 6.08 Å². The number of hydrogen-bond acceptors (Lipinski definition) is 4. The lowest BCUT2D eigenvalue weighted by atomic mass is 10.1. The molecule has 2 rings (SSSR count). The van der Waals surface area contributed by atoms with E-state index in [1.54, 1.807) is 6.07 Å². The molecule has 8 heteroatoms. The molecule has 0 aromatic heterocycles. The second kappa shape index (κ2) is 7.11. The Kier molecular flexibility index (Phi) is 5.67. The Balaban J connectivity index is 2.25. The van der Waals surface area contributed by atoms with Crippen LogP contribution >= 0.6 is 27.5 Å². The average Bonchev–Trinajstić information content (AvgIpc) is 2.46. The Labute approximate surface area is 137 Å². The molecule has 2 N–H and O–H groups in total. The molecule has 1 aliphatic rings. The molecule has 116 valence electrons. The first kappa shape index (κ1) is 16.8. The van der Waals surface area contributed by atoms with Crippen LogP contribution in [-0.2, 0) is 10.0 Å². The number of halogens is 2. The number of benzene rings is 1. The van der Waals surface area contributed by atoms with E-state index in [1.165, 1.54) is 13.2 Å². The molecule has 1 aromatic rings. The van der Waals surface area contributed by atoms with Crippen LogP contribution in [0.3, 0.4) is 0 Å². The molecular formula is C13H16BrClN2O3S. The van der Waals surface area contributed by atoms with Gasteiger partial charge < -0.3 is 10.1 Å². The lowest BCUT2D eigenvalue weighted by Gasteiger charge is -2.16. The summed E-state index contributed by atoms with van der Waals surface area (Å²) in [5.41, 5.74) is 1.07. The van der Waals surface area contributed by atoms with Gasteiger partial charge in [0.05, 0.1) is 11.6 Å². The molecule has 0 radical (unpaired) electrons. The molecule has 0 atom stereocenters. The van der Waals surface area contributed by atoms with Crippen molar-refractivity contribution in [2.75, 3.05) is 26.7 Å². The second-order valence-corrected chi connectivity index (χ2v) is 7.59. The summed E-state index contributed by atoms with van der Waals surface area (Å²) < 4.78 is 33.1. The molecule has 0 fully saturated rings. The lowest BCUT2D eigenvalue weighted by Crippen LogP contribution is -2.30. The molecule has 1 heterocycles. The fraction of sp³-hybridized carbons (Fsp3) is 0.385. The molecule has 0 spiro atoms. The highest BCUT2D eigenvalue weighted by molar-refractivity contribution is 9.10. The predicted molar refractivity (Wildman–Crippen MR) is 86.5 cm³/mol. The summed E-state index contributed by atoms with van der Waals surface area (Å²) in [6.07, 6.45) is 2.83. The Morgan fingerprint density at radius 1 is 1.48 bits per heavy atom. The van der Waals surface area contributed by atoms with Crippen LogP contribution in [0, 0.1) is 0 Å². The van der Waals surface area contributed by atoms with Gasteiger partial charge in [-0.2, -0.15) is 0 Å². The monoisotopic (exact) mass is 394 g/mol. The van der Waals surface area contributed by atoms with E-state index in [2.05, 4.69) is 26.0 Å². The summed E-state index contributed by atoms with van der Waals surface area (Å²) in [5.74, 6) is 0.242. The summed E-state index contributed by atoms with van der Waals surface area (Å²) in [7, 11) is -2.28. The van der Waals surface area contributed by atoms with E-state index in [-0.39, 0.29) is 17.2 Å². The number of nitrogens with one attached hydrogen (secondary N) is 2. The van der Waals surface area contributed by atoms with Crippen molar-refractivity contribution in [1.82, 2.24) is 10.0 Å². The van der Waals surface area contributed by atoms with Gasteiger partial charge in [0.2, 0.25) is 10.0 Å². The van der Waals surface area contributed by atoms with Gasteiger partial charge in [-0.05, 0) is 41.0 Å². The molecule has 21 heavy (non-hydrogen) atoms. The van der Waals surface area contributed by atoms with Gasteiger partial charge in [0.1, 0.15) is 4.90 Å². The Morgan fingerprint density at radius 3 is 2.86 bits per heavy atom. The SMILES string of the molecule is COc1c(Br)cc(Cl)cc1S(=O)(=O)NCC1=CCNCC1. The molecule has 0 aliphatic carbocycles. The summed E-state index contributed by atoms with van der Waals surface area (Å²) in [6, 6.07) is 2.97. The molecular weight excluding hydrogens is 380 g/mol. The van der Waals surface area contributed by atoms with Crippen molar-refractivity contribution in [3.05, 3.63) is 33.3 Å². The van der Waals surface area contributed by atoms with Crippen molar-refractivity contribution in [2.45, 2.75) is 11.3 Å². The Bertz CT molecular complexity index is 662. The average molecular weight is 396 g/mol. The van der Waals surface area contributed by atoms with Gasteiger partial charge in [0.15, 0.2) is 5.75 Å². The molecule has 0 amide bonds. The number of hydrogen-bond donors (Lipinski definition) is 2. The number of sulfonamides is 1. The second-order valence-electron chi connectivity index (χ2n) is 4.56. The molecule has 0 unspecified atom stereocenters. The molecule has 0 saturated carbocycles.